The summed E-state index contributed by atoms with van der Waals surface area (Å²) < 4.78 is 13.6. The first kappa shape index (κ1) is 20.9. The molecule has 28 heavy (non-hydrogen) atoms. The maximum atomic E-state index is 13.6. The minimum atomic E-state index is -0.170. The quantitative estimate of drug-likeness (QED) is 0.698. The lowest BCUT2D eigenvalue weighted by atomic mass is 9.89. The van der Waals surface area contributed by atoms with Gasteiger partial charge in [-0.2, -0.15) is 0 Å². The van der Waals surface area contributed by atoms with Crippen LogP contribution in [0.2, 0.25) is 0 Å². The molecule has 2 aliphatic heterocycles. The molecule has 4 rings (SSSR count). The van der Waals surface area contributed by atoms with Crippen LogP contribution in [0.1, 0.15) is 50.5 Å². The number of nitrogens with two attached hydrogens (primary N) is 1. The molecule has 154 valence electrons. The number of hydrogen-bond donors (Lipinski definition) is 3. The number of H-pyrrole nitrogens is 1. The largest absolute Gasteiger partial charge is 0.361 e. The summed E-state index contributed by atoms with van der Waals surface area (Å²) in [5, 5.41) is 7.52. The monoisotopic (exact) mass is 390 g/mol. The summed E-state index contributed by atoms with van der Waals surface area (Å²) in [6, 6.07) is 5.09. The predicted octanol–water partition coefficient (Wildman–Crippen LogP) is 3.22. The van der Waals surface area contributed by atoms with E-state index in [9.17, 15) is 9.18 Å². The Morgan fingerprint density at radius 3 is 2.68 bits per heavy atom. The van der Waals surface area contributed by atoms with Crippen molar-refractivity contribution in [3.63, 3.8) is 0 Å². The van der Waals surface area contributed by atoms with E-state index in [2.05, 4.69) is 26.9 Å². The van der Waals surface area contributed by atoms with Crippen molar-refractivity contribution < 1.29 is 14.4 Å². The van der Waals surface area contributed by atoms with Crippen LogP contribution in [0.5, 0.6) is 0 Å². The number of Topliss-reactive ketones (excluding diaryl/α,β-unsaturated/α-hetero) is 1. The van der Waals surface area contributed by atoms with Gasteiger partial charge in [0.15, 0.2) is 0 Å². The zero-order chi connectivity index (χ0) is 20.1. The Morgan fingerprint density at radius 1 is 1.21 bits per heavy atom. The third kappa shape index (κ3) is 4.60. The average Bonchev–Trinajstić information content (AvgIpc) is 3.13. The molecule has 2 saturated heterocycles. The summed E-state index contributed by atoms with van der Waals surface area (Å²) in [4.78, 5) is 20.0. The van der Waals surface area contributed by atoms with Crippen LogP contribution in [0.4, 0.5) is 4.39 Å². The van der Waals surface area contributed by atoms with Gasteiger partial charge in [-0.15, -0.1) is 0 Å². The van der Waals surface area contributed by atoms with Crippen LogP contribution in [-0.4, -0.2) is 58.1 Å². The van der Waals surface area contributed by atoms with E-state index in [-0.39, 0.29) is 11.9 Å². The second kappa shape index (κ2) is 9.60. The van der Waals surface area contributed by atoms with Crippen molar-refractivity contribution >= 4 is 16.7 Å². The molecule has 2 aromatic rings. The highest BCUT2D eigenvalue weighted by molar-refractivity contribution is 5.83. The van der Waals surface area contributed by atoms with Crippen molar-refractivity contribution in [3.05, 3.63) is 35.8 Å². The Kier molecular flexibility index (Phi) is 7.18. The van der Waals surface area contributed by atoms with Crippen molar-refractivity contribution in [1.29, 1.82) is 0 Å². The Hall–Kier alpha value is -1.80. The molecule has 2 fully saturated rings. The Bertz CT molecular complexity index is 786. The Labute approximate surface area is 165 Å². The number of carbonyl (C=O) groups excluding carboxylic acids is 1. The number of rotatable bonds is 4. The number of piperidine rings is 2. The standard InChI is InChI=1S/C21H28FN3O.H3NO/c1-15(26)21-4-2-3-9-25(21)14-24-10-7-16(8-11-24)19-13-23-20-6-5-17(22)12-18(19)20;1-2/h5-6,12-13,16,21,23H,2-4,7-11,14H2,1H3;2H,1H2/t21-;/m1./s1. The van der Waals surface area contributed by atoms with E-state index in [0.717, 1.165) is 56.5 Å². The third-order valence-electron chi connectivity index (χ3n) is 6.17. The van der Waals surface area contributed by atoms with Crippen LogP contribution in [0.25, 0.3) is 10.9 Å². The zero-order valence-electron chi connectivity index (χ0n) is 16.5. The number of aromatic amines is 1. The summed E-state index contributed by atoms with van der Waals surface area (Å²) in [5.74, 6) is 4.11. The van der Waals surface area contributed by atoms with Gasteiger partial charge in [0.1, 0.15) is 11.6 Å². The minimum Gasteiger partial charge on any atom is -0.361 e. The number of carbonyl (C=O) groups is 1. The van der Waals surface area contributed by atoms with Crippen LogP contribution >= 0.6 is 0 Å². The second-order valence-electron chi connectivity index (χ2n) is 7.90. The van der Waals surface area contributed by atoms with E-state index in [1.54, 1.807) is 13.0 Å². The van der Waals surface area contributed by atoms with Gasteiger partial charge in [-0.3, -0.25) is 14.6 Å². The highest BCUT2D eigenvalue weighted by atomic mass is 19.1. The topological polar surface area (TPSA) is 85.6 Å². The number of ketones is 1. The van der Waals surface area contributed by atoms with Gasteiger partial charge >= 0.3 is 0 Å². The van der Waals surface area contributed by atoms with E-state index in [1.807, 2.05) is 6.07 Å². The molecule has 1 aromatic heterocycles. The molecule has 0 radical (unpaired) electrons. The smallest absolute Gasteiger partial charge is 0.146 e. The maximum absolute atomic E-state index is 13.6. The van der Waals surface area contributed by atoms with Crippen LogP contribution in [0, 0.1) is 5.82 Å². The zero-order valence-corrected chi connectivity index (χ0v) is 16.5. The van der Waals surface area contributed by atoms with E-state index in [1.165, 1.54) is 24.5 Å². The van der Waals surface area contributed by atoms with Crippen LogP contribution in [0.3, 0.4) is 0 Å². The van der Waals surface area contributed by atoms with Gasteiger partial charge in [0.2, 0.25) is 0 Å². The lowest BCUT2D eigenvalue weighted by Crippen LogP contribution is -2.50. The van der Waals surface area contributed by atoms with Crippen molar-refractivity contribution in [1.82, 2.24) is 14.8 Å². The molecule has 7 heteroatoms. The fourth-order valence-electron chi connectivity index (χ4n) is 4.72. The van der Waals surface area contributed by atoms with E-state index in [4.69, 9.17) is 5.21 Å². The molecule has 0 saturated carbocycles. The summed E-state index contributed by atoms with van der Waals surface area (Å²) in [6.07, 6.45) is 7.60. The second-order valence-corrected chi connectivity index (χ2v) is 7.90. The predicted molar refractivity (Wildman–Crippen MR) is 108 cm³/mol. The SMILES string of the molecule is CC(=O)[C@H]1CCCCN1CN1CCC(c2c[nH]c3ccc(F)cc23)CC1.NO. The van der Waals surface area contributed by atoms with Crippen LogP contribution < -0.4 is 5.90 Å². The molecule has 0 aliphatic carbocycles. The van der Waals surface area contributed by atoms with Crippen molar-refractivity contribution in [2.24, 2.45) is 5.90 Å². The number of fused-ring (bicyclic) bond motifs is 1. The molecule has 6 nitrogen and oxygen atoms in total. The van der Waals surface area contributed by atoms with Crippen molar-refractivity contribution in [2.75, 3.05) is 26.3 Å². The molecule has 2 aliphatic rings. The maximum Gasteiger partial charge on any atom is 0.146 e. The third-order valence-corrected chi connectivity index (χ3v) is 6.17. The Balaban J connectivity index is 0.00000109. The molecule has 1 atom stereocenters. The number of aromatic nitrogens is 1. The lowest BCUT2D eigenvalue weighted by molar-refractivity contribution is -0.124. The van der Waals surface area contributed by atoms with Crippen LogP contribution in [0.15, 0.2) is 24.4 Å². The first-order valence-corrected chi connectivity index (χ1v) is 10.1. The van der Waals surface area contributed by atoms with Crippen molar-refractivity contribution in [3.8, 4) is 0 Å². The number of nitrogens with zero attached hydrogens (tertiary/aromatic N) is 2. The van der Waals surface area contributed by atoms with Gasteiger partial charge in [0, 0.05) is 23.6 Å². The summed E-state index contributed by atoms with van der Waals surface area (Å²) in [6.45, 7) is 5.73. The molecule has 3 heterocycles. The van der Waals surface area contributed by atoms with Gasteiger partial charge in [0.25, 0.3) is 0 Å². The highest BCUT2D eigenvalue weighted by Crippen LogP contribution is 2.33. The molecule has 0 unspecified atom stereocenters. The number of likely N-dealkylation sites (tertiary alicyclic amines) is 2. The first-order valence-electron chi connectivity index (χ1n) is 10.1. The molecule has 4 N–H and O–H groups in total. The fraction of sp³-hybridized carbons (Fsp3) is 0.571. The molecule has 1 aromatic carbocycles. The number of hydrogen-bond acceptors (Lipinski definition) is 5. The minimum absolute atomic E-state index is 0.109. The van der Waals surface area contributed by atoms with Gasteiger partial charge in [0.05, 0.1) is 12.7 Å². The summed E-state index contributed by atoms with van der Waals surface area (Å²) in [7, 11) is 0. The van der Waals surface area contributed by atoms with Gasteiger partial charge in [-0.25, -0.2) is 10.3 Å². The first-order chi connectivity index (χ1) is 13.6. The average molecular weight is 391 g/mol. The molecular weight excluding hydrogens is 359 g/mol. The lowest BCUT2D eigenvalue weighted by Gasteiger charge is -2.40. The molecule has 0 amide bonds. The van der Waals surface area contributed by atoms with E-state index < -0.39 is 0 Å². The summed E-state index contributed by atoms with van der Waals surface area (Å²) in [5.41, 5.74) is 2.26. The molecular formula is C21H31FN4O2. The molecule has 0 spiro atoms. The number of benzene rings is 1. The van der Waals surface area contributed by atoms with Gasteiger partial charge in [-0.05, 0) is 75.4 Å². The van der Waals surface area contributed by atoms with E-state index in [0.29, 0.717) is 11.7 Å². The van der Waals surface area contributed by atoms with Gasteiger partial charge in [-0.1, -0.05) is 6.42 Å². The molecule has 0 bridgehead atoms. The van der Waals surface area contributed by atoms with Crippen LogP contribution in [-0.2, 0) is 4.79 Å². The number of nitrogens with one attached hydrogen (secondary N) is 1. The fourth-order valence-corrected chi connectivity index (χ4v) is 4.72. The van der Waals surface area contributed by atoms with Crippen molar-refractivity contribution in [2.45, 2.75) is 51.0 Å². The number of halogens is 1. The summed E-state index contributed by atoms with van der Waals surface area (Å²) >= 11 is 0. The van der Waals surface area contributed by atoms with Gasteiger partial charge < -0.3 is 10.2 Å². The Morgan fingerprint density at radius 2 is 1.96 bits per heavy atom. The van der Waals surface area contributed by atoms with E-state index >= 15 is 0 Å². The normalized spacial score (nSPS) is 22.1. The highest BCUT2D eigenvalue weighted by Gasteiger charge is 2.29.